The maximum Gasteiger partial charge on any atom is 0.244 e. The predicted molar refractivity (Wildman–Crippen MR) is 94.7 cm³/mol. The number of ether oxygens (including phenoxy) is 2. The minimum atomic E-state index is -0.783. The summed E-state index contributed by atoms with van der Waals surface area (Å²) >= 11 is 0. The van der Waals surface area contributed by atoms with Crippen molar-refractivity contribution in [2.24, 2.45) is 11.8 Å². The standard InChI is InChI=1S/C19H29N3O4/c1-12-13(2)20-22(14(12)3)9-18(23)21-8-15-10-26-7-5-19(15,24)16-11-25-6-4-17(16)21/h15-17,24H,4-11H2,1-3H3/t15-,16+,17-,19-/m1/s1. The molecule has 3 saturated heterocycles. The van der Waals surface area contributed by atoms with Gasteiger partial charge < -0.3 is 19.5 Å². The van der Waals surface area contributed by atoms with Crippen LogP contribution in [0.3, 0.4) is 0 Å². The van der Waals surface area contributed by atoms with Crippen molar-refractivity contribution in [3.05, 3.63) is 17.0 Å². The number of aryl methyl sites for hydroxylation is 1. The third-order valence-corrected chi connectivity index (χ3v) is 6.80. The molecule has 4 atom stereocenters. The van der Waals surface area contributed by atoms with Crippen LogP contribution in [0.4, 0.5) is 0 Å². The molecule has 0 spiro atoms. The summed E-state index contributed by atoms with van der Waals surface area (Å²) in [5.74, 6) is -0.0181. The number of hydrogen-bond donors (Lipinski definition) is 1. The monoisotopic (exact) mass is 363 g/mol. The Morgan fingerprint density at radius 1 is 1.27 bits per heavy atom. The molecule has 0 bridgehead atoms. The Morgan fingerprint density at radius 2 is 2.04 bits per heavy atom. The molecule has 0 aromatic carbocycles. The molecule has 0 unspecified atom stereocenters. The maximum atomic E-state index is 13.2. The first-order valence-corrected chi connectivity index (χ1v) is 9.59. The second-order valence-corrected chi connectivity index (χ2v) is 8.05. The van der Waals surface area contributed by atoms with E-state index in [2.05, 4.69) is 5.10 Å². The van der Waals surface area contributed by atoms with E-state index in [0.717, 1.165) is 23.4 Å². The summed E-state index contributed by atoms with van der Waals surface area (Å²) in [4.78, 5) is 15.1. The van der Waals surface area contributed by atoms with Crippen LogP contribution in [0.5, 0.6) is 0 Å². The van der Waals surface area contributed by atoms with E-state index in [1.165, 1.54) is 0 Å². The lowest BCUT2D eigenvalue weighted by Crippen LogP contribution is -2.69. The Labute approximate surface area is 154 Å². The van der Waals surface area contributed by atoms with Crippen molar-refractivity contribution in [3.63, 3.8) is 0 Å². The summed E-state index contributed by atoms with van der Waals surface area (Å²) < 4.78 is 13.1. The smallest absolute Gasteiger partial charge is 0.244 e. The van der Waals surface area contributed by atoms with Gasteiger partial charge >= 0.3 is 0 Å². The first kappa shape index (κ1) is 17.9. The molecule has 0 saturated carbocycles. The van der Waals surface area contributed by atoms with Crippen molar-refractivity contribution in [2.45, 2.75) is 51.8 Å². The Balaban J connectivity index is 1.58. The molecule has 1 amide bonds. The van der Waals surface area contributed by atoms with Gasteiger partial charge in [-0.05, 0) is 32.8 Å². The highest BCUT2D eigenvalue weighted by Crippen LogP contribution is 2.44. The highest BCUT2D eigenvalue weighted by Gasteiger charge is 2.56. The molecule has 3 aliphatic heterocycles. The molecule has 3 aliphatic rings. The number of amides is 1. The lowest BCUT2D eigenvalue weighted by atomic mass is 9.66. The Kier molecular flexibility index (Phi) is 4.57. The van der Waals surface area contributed by atoms with Crippen LogP contribution >= 0.6 is 0 Å². The van der Waals surface area contributed by atoms with Crippen LogP contribution in [0.1, 0.15) is 29.8 Å². The molecule has 7 heteroatoms. The molecule has 144 valence electrons. The summed E-state index contributed by atoms with van der Waals surface area (Å²) in [6, 6.07) is 0.0358. The van der Waals surface area contributed by atoms with Gasteiger partial charge in [-0.15, -0.1) is 0 Å². The zero-order chi connectivity index (χ0) is 18.5. The molecule has 1 N–H and O–H groups in total. The van der Waals surface area contributed by atoms with E-state index in [1.54, 1.807) is 4.68 Å². The van der Waals surface area contributed by atoms with Crippen molar-refractivity contribution in [3.8, 4) is 0 Å². The fourth-order valence-corrected chi connectivity index (χ4v) is 4.90. The molecule has 26 heavy (non-hydrogen) atoms. The highest BCUT2D eigenvalue weighted by molar-refractivity contribution is 5.76. The van der Waals surface area contributed by atoms with Crippen LogP contribution in [-0.2, 0) is 20.8 Å². The molecular weight excluding hydrogens is 334 g/mol. The first-order chi connectivity index (χ1) is 12.4. The lowest BCUT2D eigenvalue weighted by Gasteiger charge is -2.57. The molecule has 4 rings (SSSR count). The third kappa shape index (κ3) is 2.77. The van der Waals surface area contributed by atoms with Gasteiger partial charge in [0.2, 0.25) is 5.91 Å². The van der Waals surface area contributed by atoms with Crippen LogP contribution in [0, 0.1) is 32.6 Å². The van der Waals surface area contributed by atoms with Crippen LogP contribution in [0.2, 0.25) is 0 Å². The van der Waals surface area contributed by atoms with E-state index in [4.69, 9.17) is 9.47 Å². The SMILES string of the molecule is Cc1nn(CC(=O)N2C[C@@H]3COCC[C@]3(O)[C@H]3COCC[C@H]32)c(C)c1C. The lowest BCUT2D eigenvalue weighted by molar-refractivity contribution is -0.219. The summed E-state index contributed by atoms with van der Waals surface area (Å²) in [6.07, 6.45) is 1.41. The Hall–Kier alpha value is -1.44. The quantitative estimate of drug-likeness (QED) is 0.842. The van der Waals surface area contributed by atoms with Gasteiger partial charge in [0.25, 0.3) is 0 Å². The molecule has 4 heterocycles. The van der Waals surface area contributed by atoms with Crippen LogP contribution in [-0.4, -0.2) is 70.3 Å². The van der Waals surface area contributed by atoms with Gasteiger partial charge in [0.05, 0.1) is 24.5 Å². The van der Waals surface area contributed by atoms with E-state index < -0.39 is 5.60 Å². The average Bonchev–Trinajstić information content (AvgIpc) is 2.88. The number of hydrogen-bond acceptors (Lipinski definition) is 5. The topological polar surface area (TPSA) is 76.8 Å². The summed E-state index contributed by atoms with van der Waals surface area (Å²) in [5.41, 5.74) is 2.35. The molecule has 7 nitrogen and oxygen atoms in total. The van der Waals surface area contributed by atoms with E-state index >= 15 is 0 Å². The molecule has 1 aromatic heterocycles. The van der Waals surface area contributed by atoms with E-state index in [-0.39, 0.29) is 30.3 Å². The van der Waals surface area contributed by atoms with Crippen LogP contribution in [0.15, 0.2) is 0 Å². The zero-order valence-corrected chi connectivity index (χ0v) is 15.9. The van der Waals surface area contributed by atoms with Crippen molar-refractivity contribution >= 4 is 5.91 Å². The van der Waals surface area contributed by atoms with E-state index in [1.807, 2.05) is 25.7 Å². The Bertz CT molecular complexity index is 703. The largest absolute Gasteiger partial charge is 0.389 e. The van der Waals surface area contributed by atoms with Crippen LogP contribution in [0.25, 0.3) is 0 Å². The number of carbonyl (C=O) groups is 1. The van der Waals surface area contributed by atoms with Crippen molar-refractivity contribution in [1.82, 2.24) is 14.7 Å². The number of aromatic nitrogens is 2. The third-order valence-electron chi connectivity index (χ3n) is 6.80. The first-order valence-electron chi connectivity index (χ1n) is 9.59. The number of rotatable bonds is 2. The fourth-order valence-electron chi connectivity index (χ4n) is 4.90. The van der Waals surface area contributed by atoms with Gasteiger partial charge in [0, 0.05) is 49.8 Å². The fraction of sp³-hybridized carbons (Fsp3) is 0.789. The van der Waals surface area contributed by atoms with Crippen LogP contribution < -0.4 is 0 Å². The number of piperidine rings is 1. The second kappa shape index (κ2) is 6.62. The van der Waals surface area contributed by atoms with Gasteiger partial charge in [-0.25, -0.2) is 0 Å². The number of nitrogens with zero attached hydrogens (tertiary/aromatic N) is 3. The molecular formula is C19H29N3O4. The molecule has 0 radical (unpaired) electrons. The predicted octanol–water partition coefficient (Wildman–Crippen LogP) is 0.823. The second-order valence-electron chi connectivity index (χ2n) is 8.05. The zero-order valence-electron chi connectivity index (χ0n) is 15.9. The van der Waals surface area contributed by atoms with Gasteiger partial charge in [-0.3, -0.25) is 9.48 Å². The minimum Gasteiger partial charge on any atom is -0.389 e. The number of likely N-dealkylation sites (tertiary alicyclic amines) is 1. The summed E-state index contributed by atoms with van der Waals surface area (Å²) in [5, 5.41) is 15.9. The van der Waals surface area contributed by atoms with Crippen molar-refractivity contribution in [2.75, 3.05) is 33.0 Å². The van der Waals surface area contributed by atoms with Gasteiger partial charge in [0.15, 0.2) is 0 Å². The average molecular weight is 363 g/mol. The highest BCUT2D eigenvalue weighted by atomic mass is 16.5. The summed E-state index contributed by atoms with van der Waals surface area (Å²) in [6.45, 7) is 9.04. The van der Waals surface area contributed by atoms with Crippen molar-refractivity contribution < 1.29 is 19.4 Å². The van der Waals surface area contributed by atoms with E-state index in [9.17, 15) is 9.90 Å². The van der Waals surface area contributed by atoms with Gasteiger partial charge in [-0.2, -0.15) is 5.10 Å². The van der Waals surface area contributed by atoms with E-state index in [0.29, 0.717) is 39.4 Å². The van der Waals surface area contributed by atoms with Gasteiger partial charge in [0.1, 0.15) is 6.54 Å². The molecule has 1 aromatic rings. The normalized spacial score (nSPS) is 34.3. The van der Waals surface area contributed by atoms with Gasteiger partial charge in [-0.1, -0.05) is 0 Å². The molecule has 3 fully saturated rings. The number of fused-ring (bicyclic) bond motifs is 3. The minimum absolute atomic E-state index is 0.0358. The number of carbonyl (C=O) groups excluding carboxylic acids is 1. The maximum absolute atomic E-state index is 13.2. The Morgan fingerprint density at radius 3 is 2.77 bits per heavy atom. The summed E-state index contributed by atoms with van der Waals surface area (Å²) in [7, 11) is 0. The molecule has 0 aliphatic carbocycles. The number of aliphatic hydroxyl groups is 1. The van der Waals surface area contributed by atoms with Crippen molar-refractivity contribution in [1.29, 1.82) is 0 Å².